The lowest BCUT2D eigenvalue weighted by Gasteiger charge is -2.15. The van der Waals surface area contributed by atoms with Crippen LogP contribution in [0, 0.1) is 10.8 Å². The van der Waals surface area contributed by atoms with Crippen LogP contribution in [0.2, 0.25) is 0 Å². The third-order valence-corrected chi connectivity index (χ3v) is 1.17. The molecular weight excluding hydrogens is 178 g/mol. The van der Waals surface area contributed by atoms with Crippen molar-refractivity contribution in [2.24, 2.45) is 15.7 Å². The second-order valence-electron chi connectivity index (χ2n) is 3.32. The van der Waals surface area contributed by atoms with E-state index in [2.05, 4.69) is 16.0 Å². The van der Waals surface area contributed by atoms with Crippen LogP contribution in [0.4, 0.5) is 0 Å². The largest absolute Gasteiger partial charge is 0.325 e. The lowest BCUT2D eigenvalue weighted by atomic mass is 10.0. The molecule has 0 rings (SSSR count). The Morgan fingerprint density at radius 3 is 2.14 bits per heavy atom. The van der Waals surface area contributed by atoms with Crippen LogP contribution in [-0.2, 0) is 0 Å². The third kappa shape index (κ3) is 22.4. The molecule has 0 aliphatic carbocycles. The number of nitrogens with zero attached hydrogens (tertiary/aromatic N) is 2. The smallest absolute Gasteiger partial charge is 0.0892 e. The Morgan fingerprint density at radius 2 is 1.79 bits per heavy atom. The van der Waals surface area contributed by atoms with E-state index in [1.807, 2.05) is 20.8 Å². The molecule has 0 fully saturated rings. The van der Waals surface area contributed by atoms with E-state index in [9.17, 15) is 0 Å². The van der Waals surface area contributed by atoms with Gasteiger partial charge in [0.2, 0.25) is 0 Å². The van der Waals surface area contributed by atoms with E-state index in [-0.39, 0.29) is 5.54 Å². The maximum Gasteiger partial charge on any atom is 0.0892 e. The van der Waals surface area contributed by atoms with Crippen molar-refractivity contribution >= 4 is 12.0 Å². The van der Waals surface area contributed by atoms with Gasteiger partial charge in [-0.3, -0.25) is 0 Å². The minimum Gasteiger partial charge on any atom is -0.325 e. The summed E-state index contributed by atoms with van der Waals surface area (Å²) in [7, 11) is 0. The molecule has 0 saturated carbocycles. The predicted molar refractivity (Wildman–Crippen MR) is 58.6 cm³/mol. The van der Waals surface area contributed by atoms with Gasteiger partial charge >= 0.3 is 0 Å². The summed E-state index contributed by atoms with van der Waals surface area (Å²) >= 11 is 0. The molecule has 5 nitrogen and oxygen atoms in total. The molecule has 0 amide bonds. The standard InChI is InChI=1S/C8H17N3.CH2N2/c1-4-10-7-11-6-5-8(2,3)9;2-1-3/h4-6,9H2,1-3H3;2-3H. The van der Waals surface area contributed by atoms with Crippen molar-refractivity contribution < 1.29 is 0 Å². The molecule has 0 aromatic heterocycles. The first-order chi connectivity index (χ1) is 6.47. The fourth-order valence-electron chi connectivity index (χ4n) is 0.515. The van der Waals surface area contributed by atoms with Crippen molar-refractivity contribution in [1.29, 1.82) is 10.8 Å². The number of hydrogen-bond donors (Lipinski definition) is 3. The first-order valence-electron chi connectivity index (χ1n) is 4.43. The Kier molecular flexibility index (Phi) is 10.6. The summed E-state index contributed by atoms with van der Waals surface area (Å²) in [4.78, 5) is 7.78. The van der Waals surface area contributed by atoms with Crippen molar-refractivity contribution in [3.8, 4) is 0 Å². The van der Waals surface area contributed by atoms with Crippen molar-refractivity contribution in [3.05, 3.63) is 0 Å². The molecule has 80 valence electrons. The predicted octanol–water partition coefficient (Wildman–Crippen LogP) is 1.63. The van der Waals surface area contributed by atoms with Crippen LogP contribution in [0.5, 0.6) is 0 Å². The van der Waals surface area contributed by atoms with E-state index in [1.165, 1.54) is 6.01 Å². The minimum atomic E-state index is -0.128. The van der Waals surface area contributed by atoms with Gasteiger partial charge in [0.1, 0.15) is 0 Å². The van der Waals surface area contributed by atoms with Crippen LogP contribution < -0.4 is 5.73 Å². The van der Waals surface area contributed by atoms with E-state index in [0.29, 0.717) is 6.54 Å². The Balaban J connectivity index is 0. The molecule has 0 atom stereocenters. The molecule has 0 bridgehead atoms. The van der Waals surface area contributed by atoms with Gasteiger partial charge in [0.05, 0.1) is 18.6 Å². The molecule has 0 aromatic carbocycles. The number of aliphatic imine (C=N–C) groups is 2. The summed E-state index contributed by atoms with van der Waals surface area (Å²) in [5.41, 5.74) is 5.60. The Morgan fingerprint density at radius 1 is 1.29 bits per heavy atom. The SMILES string of the molecule is CCN=C=NCCC(C)(C)N.N=C=N. The molecule has 0 aliphatic rings. The van der Waals surface area contributed by atoms with Crippen molar-refractivity contribution in [2.45, 2.75) is 32.7 Å². The Labute approximate surface area is 85.2 Å². The van der Waals surface area contributed by atoms with Crippen molar-refractivity contribution in [1.82, 2.24) is 0 Å². The highest BCUT2D eigenvalue weighted by Crippen LogP contribution is 2.01. The topological polar surface area (TPSA) is 98.4 Å². The maximum absolute atomic E-state index is 5.73. The quantitative estimate of drug-likeness (QED) is 0.586. The normalized spacial score (nSPS) is 8.86. The van der Waals surface area contributed by atoms with E-state index in [0.717, 1.165) is 13.0 Å². The molecule has 0 aromatic rings. The van der Waals surface area contributed by atoms with Gasteiger partial charge in [-0.05, 0) is 27.2 Å². The first-order valence-corrected chi connectivity index (χ1v) is 4.43. The molecule has 5 heteroatoms. The zero-order valence-electron chi connectivity index (χ0n) is 9.09. The van der Waals surface area contributed by atoms with Crippen molar-refractivity contribution in [2.75, 3.05) is 13.1 Å². The van der Waals surface area contributed by atoms with Gasteiger partial charge in [-0.1, -0.05) is 0 Å². The maximum atomic E-state index is 5.73. The highest BCUT2D eigenvalue weighted by Gasteiger charge is 2.08. The van der Waals surface area contributed by atoms with Gasteiger partial charge in [0.15, 0.2) is 0 Å². The second-order valence-corrected chi connectivity index (χ2v) is 3.32. The van der Waals surface area contributed by atoms with E-state index in [4.69, 9.17) is 16.6 Å². The summed E-state index contributed by atoms with van der Waals surface area (Å²) in [6.45, 7) is 7.39. The van der Waals surface area contributed by atoms with Crippen LogP contribution in [0.15, 0.2) is 9.98 Å². The van der Waals surface area contributed by atoms with Gasteiger partial charge in [0.25, 0.3) is 0 Å². The van der Waals surface area contributed by atoms with Gasteiger partial charge in [-0.15, -0.1) is 0 Å². The Bertz CT molecular complexity index is 214. The van der Waals surface area contributed by atoms with Crippen molar-refractivity contribution in [3.63, 3.8) is 0 Å². The summed E-state index contributed by atoms with van der Waals surface area (Å²) in [5.74, 6) is 0. The zero-order valence-corrected chi connectivity index (χ0v) is 9.09. The molecule has 0 aliphatic heterocycles. The average molecular weight is 197 g/mol. The Hall–Kier alpha value is -1.28. The first kappa shape index (κ1) is 15.2. The van der Waals surface area contributed by atoms with Gasteiger partial charge in [-0.2, -0.15) is 0 Å². The summed E-state index contributed by atoms with van der Waals surface area (Å²) < 4.78 is 0. The lowest BCUT2D eigenvalue weighted by molar-refractivity contribution is 0.485. The minimum absolute atomic E-state index is 0.128. The van der Waals surface area contributed by atoms with E-state index >= 15 is 0 Å². The highest BCUT2D eigenvalue weighted by atomic mass is 14.8. The molecule has 0 unspecified atom stereocenters. The molecule has 14 heavy (non-hydrogen) atoms. The molecule has 4 N–H and O–H groups in total. The molecule has 0 spiro atoms. The average Bonchev–Trinajstić information content (AvgIpc) is 2.03. The zero-order chi connectivity index (χ0) is 11.4. The van der Waals surface area contributed by atoms with Crippen LogP contribution in [0.25, 0.3) is 0 Å². The molecule has 0 saturated heterocycles. The van der Waals surface area contributed by atoms with E-state index < -0.39 is 0 Å². The second kappa shape index (κ2) is 9.81. The molecular formula is C9H19N5. The fraction of sp³-hybridized carbons (Fsp3) is 0.778. The highest BCUT2D eigenvalue weighted by molar-refractivity contribution is 5.40. The number of rotatable bonds is 4. The van der Waals surface area contributed by atoms with Gasteiger partial charge < -0.3 is 5.73 Å². The third-order valence-electron chi connectivity index (χ3n) is 1.17. The summed E-state index contributed by atoms with van der Waals surface area (Å²) in [5, 5.41) is 11.2. The van der Waals surface area contributed by atoms with Gasteiger partial charge in [-0.25, -0.2) is 20.8 Å². The monoisotopic (exact) mass is 197 g/mol. The fourth-order valence-corrected chi connectivity index (χ4v) is 0.515. The van der Waals surface area contributed by atoms with Crippen LogP contribution in [-0.4, -0.2) is 30.6 Å². The summed E-state index contributed by atoms with van der Waals surface area (Å²) in [6, 6.07) is 3.85. The number of hydrogen-bond acceptors (Lipinski definition) is 5. The van der Waals surface area contributed by atoms with Crippen LogP contribution >= 0.6 is 0 Å². The molecule has 0 radical (unpaired) electrons. The van der Waals surface area contributed by atoms with Gasteiger partial charge in [0, 0.05) is 12.1 Å². The van der Waals surface area contributed by atoms with Crippen LogP contribution in [0.1, 0.15) is 27.2 Å². The number of nitrogens with two attached hydrogens (primary N) is 1. The van der Waals surface area contributed by atoms with Crippen LogP contribution in [0.3, 0.4) is 0 Å². The molecule has 0 heterocycles. The summed E-state index contributed by atoms with van der Waals surface area (Å²) in [6.07, 6.45) is 0.874. The van der Waals surface area contributed by atoms with E-state index in [1.54, 1.807) is 0 Å². The lowest BCUT2D eigenvalue weighted by Crippen LogP contribution is -2.32. The number of nitrogens with one attached hydrogen (secondary N) is 2.